The van der Waals surface area contributed by atoms with Crippen LogP contribution in [0.15, 0.2) is 18.2 Å². The van der Waals surface area contributed by atoms with Gasteiger partial charge in [0, 0.05) is 18.7 Å². The van der Waals surface area contributed by atoms with Gasteiger partial charge in [-0.15, -0.1) is 0 Å². The molecule has 1 heterocycles. The molecule has 0 aromatic heterocycles. The van der Waals surface area contributed by atoms with E-state index >= 15 is 0 Å². The lowest BCUT2D eigenvalue weighted by Crippen LogP contribution is -2.28. The summed E-state index contributed by atoms with van der Waals surface area (Å²) < 4.78 is 5.37. The van der Waals surface area contributed by atoms with Gasteiger partial charge in [0.15, 0.2) is 0 Å². The van der Waals surface area contributed by atoms with Crippen molar-refractivity contribution in [2.45, 2.75) is 38.3 Å². The summed E-state index contributed by atoms with van der Waals surface area (Å²) in [7, 11) is 1.65. The molecule has 4 nitrogen and oxygen atoms in total. The predicted octanol–water partition coefficient (Wildman–Crippen LogP) is 2.30. The second kappa shape index (κ2) is 6.25. The second-order valence-corrected chi connectivity index (χ2v) is 5.77. The summed E-state index contributed by atoms with van der Waals surface area (Å²) >= 11 is 0. The van der Waals surface area contributed by atoms with Crippen LogP contribution in [0.5, 0.6) is 5.75 Å². The van der Waals surface area contributed by atoms with E-state index in [1.165, 1.54) is 0 Å². The van der Waals surface area contributed by atoms with Gasteiger partial charge in [0.2, 0.25) is 0 Å². The van der Waals surface area contributed by atoms with Gasteiger partial charge in [-0.2, -0.15) is 5.26 Å². The van der Waals surface area contributed by atoms with Crippen LogP contribution < -0.4 is 4.74 Å². The average Bonchev–Trinajstić information content (AvgIpc) is 2.60. The number of likely N-dealkylation sites (tertiary alicyclic amines) is 1. The standard InChI is InChI=1S/C16H22N2O2/c1-16(19)6-3-8-18(9-7-16)12-14-10-13(11-17)4-5-15(14)20-2/h4-5,10,19H,3,6-9,12H2,1-2H3. The lowest BCUT2D eigenvalue weighted by Gasteiger charge is -2.23. The molecule has 108 valence electrons. The van der Waals surface area contributed by atoms with Gasteiger partial charge in [0.1, 0.15) is 5.75 Å². The number of hydrogen-bond donors (Lipinski definition) is 1. The van der Waals surface area contributed by atoms with E-state index in [0.717, 1.165) is 50.2 Å². The number of nitrogens with zero attached hydrogens (tertiary/aromatic N) is 2. The highest BCUT2D eigenvalue weighted by molar-refractivity contribution is 5.42. The molecule has 0 bridgehead atoms. The molecule has 1 fully saturated rings. The minimum atomic E-state index is -0.548. The zero-order valence-corrected chi connectivity index (χ0v) is 12.2. The molecule has 1 aliphatic heterocycles. The zero-order chi connectivity index (χ0) is 14.6. The van der Waals surface area contributed by atoms with Crippen molar-refractivity contribution in [1.82, 2.24) is 4.90 Å². The number of ether oxygens (including phenoxy) is 1. The fourth-order valence-electron chi connectivity index (χ4n) is 2.69. The Bertz CT molecular complexity index is 506. The summed E-state index contributed by atoms with van der Waals surface area (Å²) in [5.74, 6) is 0.819. The maximum absolute atomic E-state index is 10.1. The summed E-state index contributed by atoms with van der Waals surface area (Å²) in [5.41, 5.74) is 1.14. The Morgan fingerprint density at radius 3 is 2.90 bits per heavy atom. The third-order valence-electron chi connectivity index (χ3n) is 3.96. The largest absolute Gasteiger partial charge is 0.496 e. The lowest BCUT2D eigenvalue weighted by atomic mass is 9.98. The zero-order valence-electron chi connectivity index (χ0n) is 12.2. The van der Waals surface area contributed by atoms with E-state index in [2.05, 4.69) is 11.0 Å². The van der Waals surface area contributed by atoms with Gasteiger partial charge in [0.05, 0.1) is 24.3 Å². The first-order chi connectivity index (χ1) is 9.54. The first-order valence-corrected chi connectivity index (χ1v) is 7.06. The second-order valence-electron chi connectivity index (χ2n) is 5.77. The van der Waals surface area contributed by atoms with Crippen molar-refractivity contribution in [3.05, 3.63) is 29.3 Å². The van der Waals surface area contributed by atoms with Crippen LogP contribution in [0.3, 0.4) is 0 Å². The quantitative estimate of drug-likeness (QED) is 0.919. The van der Waals surface area contributed by atoms with Crippen molar-refractivity contribution in [2.75, 3.05) is 20.2 Å². The molecule has 2 rings (SSSR count). The Morgan fingerprint density at radius 2 is 2.20 bits per heavy atom. The monoisotopic (exact) mass is 274 g/mol. The van der Waals surface area contributed by atoms with Crippen LogP contribution in [-0.2, 0) is 6.54 Å². The van der Waals surface area contributed by atoms with Crippen molar-refractivity contribution in [2.24, 2.45) is 0 Å². The van der Waals surface area contributed by atoms with Crippen LogP contribution in [0.2, 0.25) is 0 Å². The summed E-state index contributed by atoms with van der Waals surface area (Å²) in [6, 6.07) is 7.68. The number of benzene rings is 1. The van der Waals surface area contributed by atoms with Gasteiger partial charge in [-0.05, 0) is 50.9 Å². The van der Waals surface area contributed by atoms with Crippen LogP contribution in [-0.4, -0.2) is 35.8 Å². The van der Waals surface area contributed by atoms with Gasteiger partial charge in [0.25, 0.3) is 0 Å². The van der Waals surface area contributed by atoms with E-state index in [-0.39, 0.29) is 0 Å². The molecule has 1 N–H and O–H groups in total. The maximum Gasteiger partial charge on any atom is 0.123 e. The molecule has 1 unspecified atom stereocenters. The molecule has 4 heteroatoms. The molecule has 1 aliphatic rings. The van der Waals surface area contributed by atoms with E-state index in [9.17, 15) is 5.11 Å². The van der Waals surface area contributed by atoms with Crippen LogP contribution in [0.4, 0.5) is 0 Å². The van der Waals surface area contributed by atoms with Gasteiger partial charge in [-0.25, -0.2) is 0 Å². The number of methoxy groups -OCH3 is 1. The highest BCUT2D eigenvalue weighted by atomic mass is 16.5. The van der Waals surface area contributed by atoms with Crippen molar-refractivity contribution < 1.29 is 9.84 Å². The molecule has 0 aliphatic carbocycles. The first kappa shape index (κ1) is 14.8. The SMILES string of the molecule is COc1ccc(C#N)cc1CN1CCCC(C)(O)CC1. The molecule has 1 atom stereocenters. The molecule has 1 aromatic rings. The third kappa shape index (κ3) is 3.72. The van der Waals surface area contributed by atoms with Crippen LogP contribution >= 0.6 is 0 Å². The number of aliphatic hydroxyl groups is 1. The van der Waals surface area contributed by atoms with Gasteiger partial charge in [-0.1, -0.05) is 0 Å². The molecule has 0 amide bonds. The molecular weight excluding hydrogens is 252 g/mol. The fraction of sp³-hybridized carbons (Fsp3) is 0.562. The first-order valence-electron chi connectivity index (χ1n) is 7.06. The molecule has 0 saturated carbocycles. The molecule has 20 heavy (non-hydrogen) atoms. The summed E-state index contributed by atoms with van der Waals surface area (Å²) in [4.78, 5) is 2.32. The van der Waals surface area contributed by atoms with Gasteiger partial charge < -0.3 is 9.84 Å². The van der Waals surface area contributed by atoms with Crippen molar-refractivity contribution in [3.8, 4) is 11.8 Å². The van der Waals surface area contributed by atoms with Crippen molar-refractivity contribution >= 4 is 0 Å². The molecule has 1 aromatic carbocycles. The molecule has 1 saturated heterocycles. The predicted molar refractivity (Wildman–Crippen MR) is 77.5 cm³/mol. The van der Waals surface area contributed by atoms with Crippen LogP contribution in [0.25, 0.3) is 0 Å². The number of hydrogen-bond acceptors (Lipinski definition) is 4. The molecule has 0 spiro atoms. The number of rotatable bonds is 3. The Labute approximate surface area is 120 Å². The van der Waals surface area contributed by atoms with Crippen molar-refractivity contribution in [1.29, 1.82) is 5.26 Å². The fourth-order valence-corrected chi connectivity index (χ4v) is 2.69. The van der Waals surface area contributed by atoms with Gasteiger partial charge >= 0.3 is 0 Å². The Balaban J connectivity index is 2.11. The molecular formula is C16H22N2O2. The third-order valence-corrected chi connectivity index (χ3v) is 3.96. The summed E-state index contributed by atoms with van der Waals surface area (Å²) in [5, 5.41) is 19.1. The van der Waals surface area contributed by atoms with E-state index in [1.807, 2.05) is 19.1 Å². The van der Waals surface area contributed by atoms with Crippen LogP contribution in [0.1, 0.15) is 37.3 Å². The molecule has 0 radical (unpaired) electrons. The number of nitriles is 1. The highest BCUT2D eigenvalue weighted by Crippen LogP contribution is 2.25. The van der Waals surface area contributed by atoms with E-state index in [0.29, 0.717) is 5.56 Å². The van der Waals surface area contributed by atoms with Gasteiger partial charge in [-0.3, -0.25) is 4.90 Å². The Hall–Kier alpha value is -1.57. The minimum Gasteiger partial charge on any atom is -0.496 e. The lowest BCUT2D eigenvalue weighted by molar-refractivity contribution is 0.0444. The Kier molecular flexibility index (Phi) is 4.64. The van der Waals surface area contributed by atoms with E-state index in [4.69, 9.17) is 10.00 Å². The summed E-state index contributed by atoms with van der Waals surface area (Å²) in [6.45, 7) is 4.51. The normalized spacial score (nSPS) is 23.9. The minimum absolute atomic E-state index is 0.548. The van der Waals surface area contributed by atoms with E-state index in [1.54, 1.807) is 13.2 Å². The van der Waals surface area contributed by atoms with Crippen LogP contribution in [0, 0.1) is 11.3 Å². The Morgan fingerprint density at radius 1 is 1.40 bits per heavy atom. The summed E-state index contributed by atoms with van der Waals surface area (Å²) in [6.07, 6.45) is 2.62. The van der Waals surface area contributed by atoms with Crippen molar-refractivity contribution in [3.63, 3.8) is 0 Å². The average molecular weight is 274 g/mol. The smallest absolute Gasteiger partial charge is 0.123 e. The van der Waals surface area contributed by atoms with E-state index < -0.39 is 5.60 Å². The topological polar surface area (TPSA) is 56.5 Å². The highest BCUT2D eigenvalue weighted by Gasteiger charge is 2.25. The maximum atomic E-state index is 10.1.